The van der Waals surface area contributed by atoms with Crippen LogP contribution in [0.5, 0.6) is 11.5 Å². The van der Waals surface area contributed by atoms with E-state index in [0.717, 1.165) is 24.1 Å². The zero-order valence-electron chi connectivity index (χ0n) is 37.8. The number of aromatic nitrogens is 1. The standard InChI is InChI=1S/C31H29N3O7.C22H23NO4/c1-21-26(32-28(40-21)22-9-4-2-5-10-22)15-18-39-25-14-8-11-23(19-25)29(35)34-17-16-33(20-27(34)30(36)37)31(38)41-24-12-6-3-7-13-24;1-26-21(24)15-7-6-12-23(13-15)22(25)27-14-20-18-10-4-2-8-16(18)17-9-3-5-11-19(17)20/h2-14,19,27H,15-18,20H2,1H3,(H,36,37);2-5,8-11,15,20H,6-7,12-14H2,1H3. The molecule has 1 aliphatic carbocycles. The molecular weight excluding hydrogens is 869 g/mol. The number of hydrogen-bond acceptors (Lipinski definition) is 11. The van der Waals surface area contributed by atoms with Gasteiger partial charge in [0.25, 0.3) is 5.91 Å². The first-order valence-electron chi connectivity index (χ1n) is 22.6. The summed E-state index contributed by atoms with van der Waals surface area (Å²) < 4.78 is 27.5. The van der Waals surface area contributed by atoms with Gasteiger partial charge in [-0.3, -0.25) is 9.59 Å². The Labute approximate surface area is 393 Å². The minimum Gasteiger partial charge on any atom is -0.493 e. The van der Waals surface area contributed by atoms with Crippen LogP contribution in [-0.4, -0.2) is 114 Å². The lowest BCUT2D eigenvalue weighted by Gasteiger charge is -2.38. The third-order valence-electron chi connectivity index (χ3n) is 12.3. The number of aryl methyl sites for hydroxylation is 1. The first kappa shape index (κ1) is 46.6. The summed E-state index contributed by atoms with van der Waals surface area (Å²) in [5, 5.41) is 9.86. The number of ether oxygens (including phenoxy) is 4. The van der Waals surface area contributed by atoms with Crippen LogP contribution in [0.2, 0.25) is 0 Å². The summed E-state index contributed by atoms with van der Waals surface area (Å²) in [5.74, 6) is -0.0558. The maximum Gasteiger partial charge on any atom is 0.415 e. The number of carboxylic acid groups (broad SMARTS) is 1. The van der Waals surface area contributed by atoms with E-state index < -0.39 is 24.0 Å². The minimum absolute atomic E-state index is 0.0416. The zero-order chi connectivity index (χ0) is 47.6. The van der Waals surface area contributed by atoms with Gasteiger partial charge in [0.05, 0.1) is 31.9 Å². The number of piperidine rings is 1. The normalized spacial score (nSPS) is 16.4. The number of para-hydroxylation sites is 1. The maximum absolute atomic E-state index is 13.4. The van der Waals surface area contributed by atoms with Gasteiger partial charge in [-0.2, -0.15) is 0 Å². The predicted octanol–water partition coefficient (Wildman–Crippen LogP) is 8.50. The van der Waals surface area contributed by atoms with Crippen LogP contribution in [0.4, 0.5) is 9.59 Å². The molecular formula is C53H52N4O11. The fraction of sp³-hybridized carbons (Fsp3) is 0.283. The molecule has 350 valence electrons. The van der Waals surface area contributed by atoms with Crippen molar-refractivity contribution in [1.29, 1.82) is 0 Å². The molecule has 5 aromatic carbocycles. The molecule has 0 bridgehead atoms. The average molecular weight is 921 g/mol. The SMILES string of the molecule is COC(=O)C1CCCN(C(=O)OCC2c3ccccc3-c3ccccc32)C1.Cc1oc(-c2ccccc2)nc1CCOc1cccc(C(=O)N2CCN(C(=O)Oc3ccccc3)CC2C(=O)O)c1. The number of esters is 1. The van der Waals surface area contributed by atoms with Gasteiger partial charge in [-0.15, -0.1) is 0 Å². The quantitative estimate of drug-likeness (QED) is 0.123. The van der Waals surface area contributed by atoms with Crippen molar-refractivity contribution >= 4 is 30.0 Å². The molecule has 68 heavy (non-hydrogen) atoms. The fourth-order valence-corrected chi connectivity index (χ4v) is 8.76. The second kappa shape index (κ2) is 21.6. The lowest BCUT2D eigenvalue weighted by Crippen LogP contribution is -2.59. The Bertz CT molecular complexity index is 2700. The summed E-state index contributed by atoms with van der Waals surface area (Å²) in [6.07, 6.45) is 1.01. The fourth-order valence-electron chi connectivity index (χ4n) is 8.76. The van der Waals surface area contributed by atoms with Crippen molar-refractivity contribution in [2.45, 2.75) is 38.1 Å². The minimum atomic E-state index is -1.22. The van der Waals surface area contributed by atoms with Gasteiger partial charge in [0.1, 0.15) is 29.9 Å². The number of amides is 3. The number of carbonyl (C=O) groups is 5. The van der Waals surface area contributed by atoms with Crippen molar-refractivity contribution in [2.75, 3.05) is 53.0 Å². The molecule has 0 spiro atoms. The second-order valence-corrected chi connectivity index (χ2v) is 16.6. The Morgan fingerprint density at radius 2 is 1.38 bits per heavy atom. The largest absolute Gasteiger partial charge is 0.493 e. The first-order valence-corrected chi connectivity index (χ1v) is 22.6. The third-order valence-corrected chi connectivity index (χ3v) is 12.3. The summed E-state index contributed by atoms with van der Waals surface area (Å²) >= 11 is 0. The van der Waals surface area contributed by atoms with Crippen molar-refractivity contribution in [2.24, 2.45) is 5.92 Å². The van der Waals surface area contributed by atoms with Gasteiger partial charge >= 0.3 is 24.1 Å². The average Bonchev–Trinajstić information content (AvgIpc) is 3.92. The number of hydrogen-bond donors (Lipinski definition) is 1. The van der Waals surface area contributed by atoms with Crippen LogP contribution in [0.3, 0.4) is 0 Å². The highest BCUT2D eigenvalue weighted by atomic mass is 16.6. The number of aliphatic carboxylic acids is 1. The van der Waals surface area contributed by atoms with Gasteiger partial charge in [-0.25, -0.2) is 19.4 Å². The smallest absolute Gasteiger partial charge is 0.415 e. The Morgan fingerprint density at radius 3 is 2.07 bits per heavy atom. The molecule has 9 rings (SSSR count). The van der Waals surface area contributed by atoms with Gasteiger partial charge in [0.15, 0.2) is 0 Å². The molecule has 3 amide bonds. The predicted molar refractivity (Wildman–Crippen MR) is 250 cm³/mol. The highest BCUT2D eigenvalue weighted by Gasteiger charge is 2.38. The van der Waals surface area contributed by atoms with Crippen LogP contribution in [-0.2, 0) is 25.5 Å². The van der Waals surface area contributed by atoms with E-state index in [9.17, 15) is 29.1 Å². The monoisotopic (exact) mass is 920 g/mol. The number of benzene rings is 5. The van der Waals surface area contributed by atoms with Crippen molar-refractivity contribution in [1.82, 2.24) is 19.7 Å². The van der Waals surface area contributed by atoms with E-state index in [1.54, 1.807) is 59.5 Å². The Kier molecular flexibility index (Phi) is 14.8. The van der Waals surface area contributed by atoms with E-state index in [2.05, 4.69) is 29.2 Å². The van der Waals surface area contributed by atoms with Crippen LogP contribution in [0, 0.1) is 12.8 Å². The van der Waals surface area contributed by atoms with E-state index >= 15 is 0 Å². The molecule has 2 atom stereocenters. The molecule has 3 heterocycles. The van der Waals surface area contributed by atoms with E-state index in [-0.39, 0.29) is 49.1 Å². The van der Waals surface area contributed by atoms with Crippen molar-refractivity contribution in [3.05, 3.63) is 162 Å². The lowest BCUT2D eigenvalue weighted by molar-refractivity contribution is -0.147. The second-order valence-electron chi connectivity index (χ2n) is 16.6. The molecule has 1 aromatic heterocycles. The van der Waals surface area contributed by atoms with Crippen LogP contribution >= 0.6 is 0 Å². The maximum atomic E-state index is 13.4. The van der Waals surface area contributed by atoms with E-state index in [0.29, 0.717) is 55.9 Å². The van der Waals surface area contributed by atoms with E-state index in [1.165, 1.54) is 39.2 Å². The van der Waals surface area contributed by atoms with Crippen molar-refractivity contribution in [3.63, 3.8) is 0 Å². The highest BCUT2D eigenvalue weighted by Crippen LogP contribution is 2.44. The van der Waals surface area contributed by atoms with Crippen LogP contribution in [0.15, 0.2) is 138 Å². The summed E-state index contributed by atoms with van der Waals surface area (Å²) in [6.45, 7) is 3.43. The lowest BCUT2D eigenvalue weighted by atomic mass is 9.98. The number of carboxylic acids is 1. The van der Waals surface area contributed by atoms with Gasteiger partial charge in [0.2, 0.25) is 5.89 Å². The number of fused-ring (bicyclic) bond motifs is 3. The van der Waals surface area contributed by atoms with Gasteiger partial charge in [0, 0.05) is 49.6 Å². The molecule has 15 heteroatoms. The third kappa shape index (κ3) is 10.8. The molecule has 0 radical (unpaired) electrons. The molecule has 2 unspecified atom stereocenters. The summed E-state index contributed by atoms with van der Waals surface area (Å²) in [5.41, 5.74) is 6.76. The molecule has 1 N–H and O–H groups in total. The van der Waals surface area contributed by atoms with Crippen molar-refractivity contribution < 1.29 is 52.4 Å². The van der Waals surface area contributed by atoms with Gasteiger partial charge < -0.3 is 43.2 Å². The number of nitrogens with zero attached hydrogens (tertiary/aromatic N) is 4. The number of oxazole rings is 1. The number of rotatable bonds is 11. The molecule has 2 fully saturated rings. The van der Waals surface area contributed by atoms with E-state index in [1.807, 2.05) is 61.5 Å². The Morgan fingerprint density at radius 1 is 0.735 bits per heavy atom. The molecule has 15 nitrogen and oxygen atoms in total. The van der Waals surface area contributed by atoms with Crippen LogP contribution < -0.4 is 9.47 Å². The summed E-state index contributed by atoms with van der Waals surface area (Å²) in [4.78, 5) is 71.2. The first-order chi connectivity index (χ1) is 33.1. The molecule has 2 aliphatic heterocycles. The number of likely N-dealkylation sites (tertiary alicyclic amines) is 1. The molecule has 3 aliphatic rings. The Hall–Kier alpha value is -7.94. The van der Waals surface area contributed by atoms with Crippen LogP contribution in [0.25, 0.3) is 22.6 Å². The number of methoxy groups -OCH3 is 1. The number of carbonyl (C=O) groups excluding carboxylic acids is 4. The molecule has 0 saturated carbocycles. The highest BCUT2D eigenvalue weighted by molar-refractivity contribution is 5.97. The molecule has 6 aromatic rings. The topological polar surface area (TPSA) is 178 Å². The number of piperazine rings is 1. The van der Waals surface area contributed by atoms with E-state index in [4.69, 9.17) is 23.4 Å². The Balaban J connectivity index is 0.000000200. The van der Waals surface area contributed by atoms with Crippen molar-refractivity contribution in [3.8, 4) is 34.1 Å². The molecule has 2 saturated heterocycles. The summed E-state index contributed by atoms with van der Waals surface area (Å²) in [7, 11) is 1.38. The summed E-state index contributed by atoms with van der Waals surface area (Å²) in [6, 6.07) is 40.1. The van der Waals surface area contributed by atoms with Crippen LogP contribution in [0.1, 0.15) is 51.7 Å². The zero-order valence-corrected chi connectivity index (χ0v) is 37.8. The van der Waals surface area contributed by atoms with Gasteiger partial charge in [-0.05, 0) is 84.5 Å². The van der Waals surface area contributed by atoms with Gasteiger partial charge in [-0.1, -0.05) is 91.0 Å².